The minimum atomic E-state index is -0.623. The van der Waals surface area contributed by atoms with Crippen molar-refractivity contribution in [2.75, 3.05) is 0 Å². The van der Waals surface area contributed by atoms with Crippen LogP contribution in [0.2, 0.25) is 0 Å². The zero-order valence-electron chi connectivity index (χ0n) is 6.40. The first-order valence-corrected chi connectivity index (χ1v) is 4.04. The second-order valence-electron chi connectivity index (χ2n) is 2.18. The van der Waals surface area contributed by atoms with Gasteiger partial charge in [0.15, 0.2) is 0 Å². The van der Waals surface area contributed by atoms with Crippen molar-refractivity contribution in [1.29, 1.82) is 0 Å². The van der Waals surface area contributed by atoms with Crippen LogP contribution in [0.5, 0.6) is 0 Å². The fraction of sp³-hybridized carbons (Fsp3) is 0.333. The van der Waals surface area contributed by atoms with E-state index in [1.54, 1.807) is 13.8 Å². The van der Waals surface area contributed by atoms with Gasteiger partial charge in [0.25, 0.3) is 5.70 Å². The summed E-state index contributed by atoms with van der Waals surface area (Å²) in [7, 11) is 0. The van der Waals surface area contributed by atoms with Crippen molar-refractivity contribution in [3.05, 3.63) is 30.9 Å². The highest BCUT2D eigenvalue weighted by molar-refractivity contribution is 6.59. The van der Waals surface area contributed by atoms with Crippen molar-refractivity contribution in [2.45, 2.75) is 13.8 Å². The Bertz CT molecular complexity index is 262. The molecule has 6 heteroatoms. The quantitative estimate of drug-likeness (QED) is 0.414. The second-order valence-corrected chi connectivity index (χ2v) is 3.51. The van der Waals surface area contributed by atoms with Crippen LogP contribution < -0.4 is 0 Å². The summed E-state index contributed by atoms with van der Waals surface area (Å²) >= 11 is 16.1. The lowest BCUT2D eigenvalue weighted by atomic mass is 10.2. The number of nitro groups is 1. The maximum absolute atomic E-state index is 10.4. The van der Waals surface area contributed by atoms with E-state index in [-0.39, 0.29) is 15.2 Å². The van der Waals surface area contributed by atoms with Crippen LogP contribution in [0.3, 0.4) is 0 Å². The second kappa shape index (κ2) is 4.70. The number of rotatable bonds is 2. The highest BCUT2D eigenvalue weighted by Crippen LogP contribution is 2.27. The van der Waals surface area contributed by atoms with E-state index in [4.69, 9.17) is 34.8 Å². The lowest BCUT2D eigenvalue weighted by Crippen LogP contribution is -2.01. The Morgan fingerprint density at radius 3 is 1.75 bits per heavy atom. The SMILES string of the molecule is CC(C)=C(C(Cl)=C(Cl)Cl)[N+](=O)[O-]. The molecule has 12 heavy (non-hydrogen) atoms. The van der Waals surface area contributed by atoms with E-state index in [9.17, 15) is 10.1 Å². The van der Waals surface area contributed by atoms with Gasteiger partial charge in [0.1, 0.15) is 9.52 Å². The van der Waals surface area contributed by atoms with Crippen LogP contribution in [-0.2, 0) is 0 Å². The molecule has 3 nitrogen and oxygen atoms in total. The first-order chi connectivity index (χ1) is 5.37. The molecule has 0 aromatic rings. The summed E-state index contributed by atoms with van der Waals surface area (Å²) in [5.74, 6) is 0. The lowest BCUT2D eigenvalue weighted by molar-refractivity contribution is -0.421. The summed E-state index contributed by atoms with van der Waals surface area (Å²) in [5, 5.41) is 10.2. The molecule has 0 heterocycles. The summed E-state index contributed by atoms with van der Waals surface area (Å²) in [6.45, 7) is 3.11. The fourth-order valence-electron chi connectivity index (χ4n) is 0.572. The average molecular weight is 230 g/mol. The zero-order valence-corrected chi connectivity index (χ0v) is 8.67. The average Bonchev–Trinajstić information content (AvgIpc) is 1.85. The summed E-state index contributed by atoms with van der Waals surface area (Å²) < 4.78 is -0.301. The Balaban J connectivity index is 5.21. The van der Waals surface area contributed by atoms with Crippen molar-refractivity contribution in [3.63, 3.8) is 0 Å². The van der Waals surface area contributed by atoms with Gasteiger partial charge in [-0.3, -0.25) is 10.1 Å². The van der Waals surface area contributed by atoms with Crippen LogP contribution >= 0.6 is 34.8 Å². The van der Waals surface area contributed by atoms with Gasteiger partial charge in [-0.05, 0) is 13.8 Å². The molecule has 0 saturated carbocycles. The predicted molar refractivity (Wildman–Crippen MR) is 50.0 cm³/mol. The third kappa shape index (κ3) is 3.01. The molecule has 0 bridgehead atoms. The topological polar surface area (TPSA) is 43.1 Å². The summed E-state index contributed by atoms with van der Waals surface area (Å²) in [4.78, 5) is 9.78. The van der Waals surface area contributed by atoms with E-state index in [0.29, 0.717) is 5.57 Å². The van der Waals surface area contributed by atoms with Crippen LogP contribution in [-0.4, -0.2) is 4.92 Å². The number of halogens is 3. The van der Waals surface area contributed by atoms with Gasteiger partial charge in [0, 0.05) is 5.57 Å². The van der Waals surface area contributed by atoms with E-state index in [1.807, 2.05) is 0 Å². The van der Waals surface area contributed by atoms with Gasteiger partial charge in [-0.15, -0.1) is 0 Å². The molecule has 0 aromatic heterocycles. The fourth-order valence-corrected chi connectivity index (χ4v) is 1.01. The number of hydrogen-bond donors (Lipinski definition) is 0. The summed E-state index contributed by atoms with van der Waals surface area (Å²) in [5.41, 5.74) is 0.195. The molecular formula is C6H6Cl3NO2. The largest absolute Gasteiger partial charge is 0.288 e. The van der Waals surface area contributed by atoms with Gasteiger partial charge < -0.3 is 0 Å². The van der Waals surface area contributed by atoms with E-state index in [0.717, 1.165) is 0 Å². The summed E-state index contributed by atoms with van der Waals surface area (Å²) in [6, 6.07) is 0. The zero-order chi connectivity index (χ0) is 9.89. The van der Waals surface area contributed by atoms with Crippen molar-refractivity contribution in [1.82, 2.24) is 0 Å². The molecule has 68 valence electrons. The molecule has 0 fully saturated rings. The van der Waals surface area contributed by atoms with E-state index in [1.165, 1.54) is 0 Å². The van der Waals surface area contributed by atoms with Crippen molar-refractivity contribution in [3.8, 4) is 0 Å². The smallest absolute Gasteiger partial charge is 0.258 e. The van der Waals surface area contributed by atoms with E-state index in [2.05, 4.69) is 0 Å². The molecular weight excluding hydrogens is 224 g/mol. The monoisotopic (exact) mass is 229 g/mol. The van der Waals surface area contributed by atoms with Crippen molar-refractivity contribution >= 4 is 34.8 Å². The lowest BCUT2D eigenvalue weighted by Gasteiger charge is -1.98. The van der Waals surface area contributed by atoms with Crippen molar-refractivity contribution in [2.24, 2.45) is 0 Å². The molecule has 0 aromatic carbocycles. The van der Waals surface area contributed by atoms with Gasteiger partial charge in [-0.2, -0.15) is 0 Å². The molecule has 0 unspecified atom stereocenters. The molecule has 0 N–H and O–H groups in total. The summed E-state index contributed by atoms with van der Waals surface area (Å²) in [6.07, 6.45) is 0. The van der Waals surface area contributed by atoms with Gasteiger partial charge in [-0.1, -0.05) is 34.8 Å². The number of allylic oxidation sites excluding steroid dienone is 2. The third-order valence-electron chi connectivity index (χ3n) is 1.03. The first kappa shape index (κ1) is 11.8. The first-order valence-electron chi connectivity index (χ1n) is 2.91. The van der Waals surface area contributed by atoms with E-state index >= 15 is 0 Å². The molecule has 0 aliphatic carbocycles. The molecule has 0 spiro atoms. The predicted octanol–water partition coefficient (Wildman–Crippen LogP) is 3.44. The minimum Gasteiger partial charge on any atom is -0.258 e. The number of nitrogens with zero attached hydrogens (tertiary/aromatic N) is 1. The molecule has 0 aliphatic rings. The highest BCUT2D eigenvalue weighted by atomic mass is 35.5. The minimum absolute atomic E-state index is 0.233. The van der Waals surface area contributed by atoms with Gasteiger partial charge in [0.2, 0.25) is 0 Å². The maximum Gasteiger partial charge on any atom is 0.288 e. The van der Waals surface area contributed by atoms with E-state index < -0.39 is 4.92 Å². The normalized spacial score (nSPS) is 9.08. The molecule has 0 saturated heterocycles. The van der Waals surface area contributed by atoms with Crippen molar-refractivity contribution < 1.29 is 4.92 Å². The molecule has 0 rings (SSSR count). The molecule has 0 atom stereocenters. The Hall–Kier alpha value is -0.250. The van der Waals surface area contributed by atoms with Gasteiger partial charge in [0.05, 0.1) is 4.92 Å². The Kier molecular flexibility index (Phi) is 4.60. The highest BCUT2D eigenvalue weighted by Gasteiger charge is 2.20. The standard InChI is InChI=1S/C6H6Cl3NO2/c1-3(2)5(10(11)12)4(7)6(8)9/h1-2H3. The number of hydrogen-bond acceptors (Lipinski definition) is 2. The molecule has 0 amide bonds. The molecule has 0 aliphatic heterocycles. The van der Waals surface area contributed by atoms with Gasteiger partial charge in [-0.25, -0.2) is 0 Å². The van der Waals surface area contributed by atoms with Crippen LogP contribution in [0.1, 0.15) is 13.8 Å². The van der Waals surface area contributed by atoms with Crippen LogP contribution in [0, 0.1) is 10.1 Å². The third-order valence-corrected chi connectivity index (χ3v) is 1.97. The van der Waals surface area contributed by atoms with Gasteiger partial charge >= 0.3 is 0 Å². The Labute approximate surface area is 84.7 Å². The maximum atomic E-state index is 10.4. The van der Waals surface area contributed by atoms with Crippen LogP contribution in [0.15, 0.2) is 20.8 Å². The van der Waals surface area contributed by atoms with Crippen LogP contribution in [0.25, 0.3) is 0 Å². The Morgan fingerprint density at radius 1 is 1.25 bits per heavy atom. The van der Waals surface area contributed by atoms with Crippen LogP contribution in [0.4, 0.5) is 0 Å². The Morgan fingerprint density at radius 2 is 1.67 bits per heavy atom. The molecule has 0 radical (unpaired) electrons.